The molecule has 0 fully saturated rings. The maximum absolute atomic E-state index is 8.75. The fraction of sp³-hybridized carbons (Fsp3) is 0.154. The minimum atomic E-state index is 0.120. The molecule has 3 rings (SSSR count). The maximum Gasteiger partial charge on any atom is 0.195 e. The third kappa shape index (κ3) is 2.12. The molecule has 0 atom stereocenters. The Hall–Kier alpha value is -2.41. The van der Waals surface area contributed by atoms with Crippen molar-refractivity contribution in [3.8, 4) is 5.13 Å². The predicted molar refractivity (Wildman–Crippen MR) is 78.6 cm³/mol. The molecule has 2 aromatic heterocycles. The average Bonchev–Trinajstić information content (AvgIpc) is 3.01. The van der Waals surface area contributed by atoms with Crippen molar-refractivity contribution in [1.29, 1.82) is 0 Å². The number of thiazole rings is 1. The summed E-state index contributed by atoms with van der Waals surface area (Å²) in [5, 5.41) is 14.6. The molecule has 0 radical (unpaired) electrons. The van der Waals surface area contributed by atoms with E-state index in [4.69, 9.17) is 10.9 Å². The molecule has 0 bridgehead atoms. The first-order valence-corrected chi connectivity index (χ1v) is 6.92. The summed E-state index contributed by atoms with van der Waals surface area (Å²) in [7, 11) is 0. The molecule has 3 aromatic rings. The number of rotatable bonds is 3. The molecule has 6 nitrogen and oxygen atoms in total. The van der Waals surface area contributed by atoms with Gasteiger partial charge in [-0.1, -0.05) is 17.3 Å². The number of oxime groups is 1. The SMILES string of the molecule is Cc1csc(-n2c(CC(N)=NO)nc3ccccc32)n1. The van der Waals surface area contributed by atoms with Crippen LogP contribution < -0.4 is 5.73 Å². The highest BCUT2D eigenvalue weighted by molar-refractivity contribution is 7.12. The highest BCUT2D eigenvalue weighted by Gasteiger charge is 2.15. The number of para-hydroxylation sites is 2. The molecule has 0 saturated carbocycles. The second kappa shape index (κ2) is 4.93. The van der Waals surface area contributed by atoms with Crippen LogP contribution in [-0.4, -0.2) is 25.6 Å². The van der Waals surface area contributed by atoms with Gasteiger partial charge in [-0.25, -0.2) is 9.97 Å². The molecule has 3 N–H and O–H groups in total. The second-order valence-electron chi connectivity index (χ2n) is 4.39. The molecular weight excluding hydrogens is 274 g/mol. The zero-order valence-corrected chi connectivity index (χ0v) is 11.6. The van der Waals surface area contributed by atoms with Crippen LogP contribution in [0, 0.1) is 6.92 Å². The molecule has 7 heteroatoms. The van der Waals surface area contributed by atoms with E-state index in [0.717, 1.165) is 21.9 Å². The molecule has 1 aromatic carbocycles. The number of nitrogens with two attached hydrogens (primary N) is 1. The first kappa shape index (κ1) is 12.6. The van der Waals surface area contributed by atoms with Crippen molar-refractivity contribution < 1.29 is 5.21 Å². The summed E-state index contributed by atoms with van der Waals surface area (Å²) >= 11 is 1.54. The largest absolute Gasteiger partial charge is 0.409 e. The lowest BCUT2D eigenvalue weighted by molar-refractivity contribution is 0.317. The zero-order chi connectivity index (χ0) is 14.1. The molecule has 2 heterocycles. The van der Waals surface area contributed by atoms with Crippen LogP contribution in [0.4, 0.5) is 0 Å². The summed E-state index contributed by atoms with van der Waals surface area (Å²) in [4.78, 5) is 9.04. The molecular formula is C13H13N5OS. The molecule has 20 heavy (non-hydrogen) atoms. The lowest BCUT2D eigenvalue weighted by Crippen LogP contribution is -2.17. The van der Waals surface area contributed by atoms with Crippen LogP contribution in [0.5, 0.6) is 0 Å². The van der Waals surface area contributed by atoms with E-state index in [2.05, 4.69) is 15.1 Å². The van der Waals surface area contributed by atoms with E-state index in [9.17, 15) is 0 Å². The third-order valence-electron chi connectivity index (χ3n) is 2.90. The molecule has 0 aliphatic carbocycles. The molecule has 0 aliphatic rings. The molecule has 0 amide bonds. The number of aryl methyl sites for hydroxylation is 1. The van der Waals surface area contributed by atoms with E-state index in [1.807, 2.05) is 41.1 Å². The average molecular weight is 287 g/mol. The Labute approximate surface area is 119 Å². The minimum absolute atomic E-state index is 0.120. The Balaban J connectivity index is 2.23. The lowest BCUT2D eigenvalue weighted by Gasteiger charge is -2.04. The Morgan fingerprint density at radius 1 is 1.40 bits per heavy atom. The van der Waals surface area contributed by atoms with Gasteiger partial charge in [-0.3, -0.25) is 4.57 Å². The van der Waals surface area contributed by atoms with Crippen LogP contribution in [-0.2, 0) is 6.42 Å². The van der Waals surface area contributed by atoms with E-state index in [0.29, 0.717) is 5.82 Å². The van der Waals surface area contributed by atoms with Crippen LogP contribution in [0.15, 0.2) is 34.8 Å². The van der Waals surface area contributed by atoms with Crippen LogP contribution in [0.25, 0.3) is 16.2 Å². The molecule has 102 valence electrons. The van der Waals surface area contributed by atoms with Gasteiger partial charge in [-0.15, -0.1) is 11.3 Å². The summed E-state index contributed by atoms with van der Waals surface area (Å²) in [6, 6.07) is 7.80. The number of amidine groups is 1. The standard InChI is InChI=1S/C13H13N5OS/c1-8-7-20-13(15-8)18-10-5-3-2-4-9(10)16-12(18)6-11(14)17-19/h2-5,7,19H,6H2,1H3,(H2,14,17). The predicted octanol–water partition coefficient (Wildman–Crippen LogP) is 2.08. The summed E-state index contributed by atoms with van der Waals surface area (Å²) in [6.07, 6.45) is 0.268. The monoisotopic (exact) mass is 287 g/mol. The van der Waals surface area contributed by atoms with E-state index in [1.165, 1.54) is 11.3 Å². The summed E-state index contributed by atoms with van der Waals surface area (Å²) in [5.74, 6) is 0.825. The van der Waals surface area contributed by atoms with Gasteiger partial charge in [-0.2, -0.15) is 0 Å². The van der Waals surface area contributed by atoms with Crippen molar-refractivity contribution in [1.82, 2.24) is 14.5 Å². The van der Waals surface area contributed by atoms with Gasteiger partial charge < -0.3 is 10.9 Å². The van der Waals surface area contributed by atoms with E-state index in [1.54, 1.807) is 0 Å². The first-order valence-electron chi connectivity index (χ1n) is 6.04. The van der Waals surface area contributed by atoms with Crippen molar-refractivity contribution in [2.75, 3.05) is 0 Å². The minimum Gasteiger partial charge on any atom is -0.409 e. The van der Waals surface area contributed by atoms with Crippen LogP contribution >= 0.6 is 11.3 Å². The summed E-state index contributed by atoms with van der Waals surface area (Å²) < 4.78 is 1.95. The summed E-state index contributed by atoms with van der Waals surface area (Å²) in [6.45, 7) is 1.95. The third-order valence-corrected chi connectivity index (χ3v) is 3.84. The van der Waals surface area contributed by atoms with Gasteiger partial charge in [0, 0.05) is 5.38 Å². The van der Waals surface area contributed by atoms with Crippen molar-refractivity contribution in [3.63, 3.8) is 0 Å². The molecule has 0 saturated heterocycles. The van der Waals surface area contributed by atoms with Gasteiger partial charge in [0.1, 0.15) is 11.7 Å². The fourth-order valence-corrected chi connectivity index (χ4v) is 2.88. The Morgan fingerprint density at radius 2 is 2.20 bits per heavy atom. The number of benzene rings is 1. The lowest BCUT2D eigenvalue weighted by atomic mass is 10.3. The van der Waals surface area contributed by atoms with Crippen molar-refractivity contribution in [3.05, 3.63) is 41.2 Å². The maximum atomic E-state index is 8.75. The van der Waals surface area contributed by atoms with Gasteiger partial charge in [-0.05, 0) is 19.1 Å². The zero-order valence-electron chi connectivity index (χ0n) is 10.8. The van der Waals surface area contributed by atoms with E-state index >= 15 is 0 Å². The van der Waals surface area contributed by atoms with Gasteiger partial charge in [0.05, 0.1) is 23.1 Å². The Bertz CT molecular complexity index is 789. The molecule has 0 unspecified atom stereocenters. The molecule has 0 aliphatic heterocycles. The topological polar surface area (TPSA) is 89.3 Å². The normalized spacial score (nSPS) is 12.2. The number of imidazole rings is 1. The number of fused-ring (bicyclic) bond motifs is 1. The van der Waals surface area contributed by atoms with Crippen LogP contribution in [0.2, 0.25) is 0 Å². The van der Waals surface area contributed by atoms with Gasteiger partial charge >= 0.3 is 0 Å². The van der Waals surface area contributed by atoms with Crippen molar-refractivity contribution in [2.45, 2.75) is 13.3 Å². The van der Waals surface area contributed by atoms with Crippen LogP contribution in [0.3, 0.4) is 0 Å². The van der Waals surface area contributed by atoms with Gasteiger partial charge in [0.25, 0.3) is 0 Å². The van der Waals surface area contributed by atoms with Crippen molar-refractivity contribution in [2.24, 2.45) is 10.9 Å². The number of hydrogen-bond donors (Lipinski definition) is 2. The fourth-order valence-electron chi connectivity index (χ4n) is 2.05. The highest BCUT2D eigenvalue weighted by atomic mass is 32.1. The highest BCUT2D eigenvalue weighted by Crippen LogP contribution is 2.24. The van der Waals surface area contributed by atoms with Crippen LogP contribution in [0.1, 0.15) is 11.5 Å². The smallest absolute Gasteiger partial charge is 0.195 e. The van der Waals surface area contributed by atoms with Gasteiger partial charge in [0.15, 0.2) is 5.13 Å². The number of aromatic nitrogens is 3. The first-order chi connectivity index (χ1) is 9.69. The van der Waals surface area contributed by atoms with Gasteiger partial charge in [0.2, 0.25) is 0 Å². The second-order valence-corrected chi connectivity index (χ2v) is 5.23. The number of nitrogens with zero attached hydrogens (tertiary/aromatic N) is 4. The van der Waals surface area contributed by atoms with E-state index < -0.39 is 0 Å². The summed E-state index contributed by atoms with van der Waals surface area (Å²) in [5.41, 5.74) is 8.39. The van der Waals surface area contributed by atoms with Crippen molar-refractivity contribution >= 4 is 28.2 Å². The Morgan fingerprint density at radius 3 is 2.90 bits per heavy atom. The Kier molecular flexibility index (Phi) is 3.11. The quantitative estimate of drug-likeness (QED) is 0.334. The number of hydrogen-bond acceptors (Lipinski definition) is 5. The van der Waals surface area contributed by atoms with E-state index in [-0.39, 0.29) is 12.3 Å². The molecule has 0 spiro atoms.